The van der Waals surface area contributed by atoms with Gasteiger partial charge in [-0.05, 0) is 39.0 Å². The summed E-state index contributed by atoms with van der Waals surface area (Å²) in [6, 6.07) is 0. The molecular weight excluding hydrogens is 452 g/mol. The summed E-state index contributed by atoms with van der Waals surface area (Å²) in [5.74, 6) is -1.50. The highest BCUT2D eigenvalue weighted by Crippen LogP contribution is 2.16. The number of allylic oxidation sites excluding steroid dienone is 2. The van der Waals surface area contributed by atoms with Crippen molar-refractivity contribution in [1.29, 1.82) is 0 Å². The van der Waals surface area contributed by atoms with Crippen LogP contribution >= 0.6 is 0 Å². The number of aliphatic hydroxyl groups is 4. The van der Waals surface area contributed by atoms with Gasteiger partial charge < -0.3 is 29.9 Å². The molecule has 0 aliphatic carbocycles. The lowest BCUT2D eigenvalue weighted by Gasteiger charge is -2.25. The van der Waals surface area contributed by atoms with Crippen LogP contribution < -0.4 is 0 Å². The van der Waals surface area contributed by atoms with Crippen LogP contribution in [0.5, 0.6) is 0 Å². The second-order valence-corrected chi connectivity index (χ2v) is 9.54. The minimum atomic E-state index is -2.04. The largest absolute Gasteiger partial charge is 0.462 e. The second-order valence-electron chi connectivity index (χ2n) is 9.54. The maximum Gasteiger partial charge on any atom is 0.338 e. The van der Waals surface area contributed by atoms with Crippen molar-refractivity contribution in [2.45, 2.75) is 128 Å². The Hall–Kier alpha value is -1.48. The van der Waals surface area contributed by atoms with E-state index in [2.05, 4.69) is 19.1 Å². The number of carbonyl (C=O) groups is 2. The van der Waals surface area contributed by atoms with E-state index in [1.165, 1.54) is 44.9 Å². The molecule has 3 unspecified atom stereocenters. The number of carbonyl (C=O) groups excluding carboxylic acids is 2. The Kier molecular flexibility index (Phi) is 20.9. The number of aliphatic hydroxyl groups excluding tert-OH is 3. The molecule has 0 saturated carbocycles. The van der Waals surface area contributed by atoms with Gasteiger partial charge in [0.2, 0.25) is 0 Å². The molecule has 3 atom stereocenters. The van der Waals surface area contributed by atoms with Crippen LogP contribution in [-0.4, -0.2) is 70.0 Å². The highest BCUT2D eigenvalue weighted by molar-refractivity contribution is 5.79. The predicted molar refractivity (Wildman–Crippen MR) is 136 cm³/mol. The Morgan fingerprint density at radius 2 is 1.40 bits per heavy atom. The van der Waals surface area contributed by atoms with E-state index in [0.717, 1.165) is 39.0 Å². The van der Waals surface area contributed by atoms with Gasteiger partial charge in [-0.1, -0.05) is 70.4 Å². The molecule has 0 saturated heterocycles. The van der Waals surface area contributed by atoms with Gasteiger partial charge in [0.05, 0.1) is 19.3 Å². The second kappa shape index (κ2) is 21.8. The van der Waals surface area contributed by atoms with Crippen LogP contribution in [0.4, 0.5) is 0 Å². The zero-order valence-corrected chi connectivity index (χ0v) is 22.0. The minimum Gasteiger partial charge on any atom is -0.462 e. The number of esters is 2. The Morgan fingerprint density at radius 3 is 1.94 bits per heavy atom. The molecule has 0 fully saturated rings. The van der Waals surface area contributed by atoms with Gasteiger partial charge in [-0.25, -0.2) is 4.79 Å². The summed E-state index contributed by atoms with van der Waals surface area (Å²) < 4.78 is 10.1. The summed E-state index contributed by atoms with van der Waals surface area (Å²) in [5, 5.41) is 37.7. The van der Waals surface area contributed by atoms with Crippen LogP contribution in [0.1, 0.15) is 110 Å². The Morgan fingerprint density at radius 1 is 0.857 bits per heavy atom. The summed E-state index contributed by atoms with van der Waals surface area (Å²) in [7, 11) is 0. The number of hydrogen-bond acceptors (Lipinski definition) is 8. The van der Waals surface area contributed by atoms with E-state index in [0.29, 0.717) is 6.42 Å². The zero-order valence-electron chi connectivity index (χ0n) is 22.0. The number of ether oxygens (including phenoxy) is 2. The molecular formula is C27H50O8. The van der Waals surface area contributed by atoms with Crippen molar-refractivity contribution in [3.63, 3.8) is 0 Å². The van der Waals surface area contributed by atoms with Gasteiger partial charge in [-0.3, -0.25) is 4.79 Å². The molecule has 0 heterocycles. The first kappa shape index (κ1) is 33.5. The lowest BCUT2D eigenvalue weighted by molar-refractivity contribution is -0.179. The van der Waals surface area contributed by atoms with Crippen molar-refractivity contribution in [2.24, 2.45) is 0 Å². The summed E-state index contributed by atoms with van der Waals surface area (Å²) in [4.78, 5) is 23.9. The van der Waals surface area contributed by atoms with Crippen molar-refractivity contribution in [2.75, 3.05) is 19.8 Å². The first-order chi connectivity index (χ1) is 16.8. The Labute approximate surface area is 211 Å². The highest BCUT2D eigenvalue weighted by Gasteiger charge is 2.36. The molecule has 0 amide bonds. The molecule has 0 aliphatic heterocycles. The van der Waals surface area contributed by atoms with E-state index >= 15 is 0 Å². The molecule has 35 heavy (non-hydrogen) atoms. The normalized spacial score (nSPS) is 15.0. The fourth-order valence-electron chi connectivity index (χ4n) is 3.61. The maximum absolute atomic E-state index is 12.0. The SMILES string of the molecule is CCCCCCCC/C=C\CCCCCCCC(=O)OCC(CO)OC(=O)C(C)(O)CC(O)CO. The van der Waals surface area contributed by atoms with E-state index in [1.54, 1.807) is 0 Å². The van der Waals surface area contributed by atoms with Gasteiger partial charge in [-0.15, -0.1) is 0 Å². The molecule has 4 N–H and O–H groups in total. The van der Waals surface area contributed by atoms with E-state index in [4.69, 9.17) is 14.6 Å². The summed E-state index contributed by atoms with van der Waals surface area (Å²) in [5.41, 5.74) is -2.04. The molecule has 0 aromatic rings. The third-order valence-electron chi connectivity index (χ3n) is 5.83. The van der Waals surface area contributed by atoms with Gasteiger partial charge >= 0.3 is 11.9 Å². The third kappa shape index (κ3) is 19.4. The van der Waals surface area contributed by atoms with Crippen LogP contribution in [-0.2, 0) is 19.1 Å². The van der Waals surface area contributed by atoms with Crippen molar-refractivity contribution >= 4 is 11.9 Å². The van der Waals surface area contributed by atoms with Gasteiger partial charge in [0.25, 0.3) is 0 Å². The maximum atomic E-state index is 12.0. The average Bonchev–Trinajstić information content (AvgIpc) is 2.83. The summed E-state index contributed by atoms with van der Waals surface area (Å²) in [6.45, 7) is 1.87. The smallest absolute Gasteiger partial charge is 0.338 e. The van der Waals surface area contributed by atoms with Crippen LogP contribution in [0.25, 0.3) is 0 Å². The number of rotatable bonds is 23. The van der Waals surface area contributed by atoms with Gasteiger partial charge in [0, 0.05) is 12.8 Å². The van der Waals surface area contributed by atoms with Gasteiger partial charge in [0.1, 0.15) is 6.61 Å². The fourth-order valence-corrected chi connectivity index (χ4v) is 3.61. The Bertz CT molecular complexity index is 561. The van der Waals surface area contributed by atoms with Crippen molar-refractivity contribution in [3.05, 3.63) is 12.2 Å². The van der Waals surface area contributed by atoms with E-state index in [1.807, 2.05) is 0 Å². The molecule has 0 aliphatic rings. The van der Waals surface area contributed by atoms with Crippen LogP contribution in [0.3, 0.4) is 0 Å². The Balaban J connectivity index is 3.79. The number of hydrogen-bond donors (Lipinski definition) is 4. The highest BCUT2D eigenvalue weighted by atomic mass is 16.6. The third-order valence-corrected chi connectivity index (χ3v) is 5.83. The fraction of sp³-hybridized carbons (Fsp3) is 0.852. The molecule has 0 radical (unpaired) electrons. The predicted octanol–water partition coefficient (Wildman–Crippen LogP) is 3.97. The minimum absolute atomic E-state index is 0.255. The van der Waals surface area contributed by atoms with E-state index < -0.39 is 49.4 Å². The molecule has 8 nitrogen and oxygen atoms in total. The molecule has 0 aromatic carbocycles. The molecule has 0 aromatic heterocycles. The van der Waals surface area contributed by atoms with Crippen molar-refractivity contribution < 1.29 is 39.5 Å². The van der Waals surface area contributed by atoms with Crippen LogP contribution in [0, 0.1) is 0 Å². The monoisotopic (exact) mass is 502 g/mol. The lowest BCUT2D eigenvalue weighted by Crippen LogP contribution is -2.44. The van der Waals surface area contributed by atoms with Crippen molar-refractivity contribution in [3.8, 4) is 0 Å². The standard InChI is InChI=1S/C27H50O8/c1-3-4-5-6-7-8-9-10-11-12-13-14-15-16-17-18-25(31)34-22-24(21-29)35-26(32)27(2,33)19-23(30)20-28/h10-11,23-24,28-30,33H,3-9,12-22H2,1-2H3/b11-10-. The van der Waals surface area contributed by atoms with E-state index in [-0.39, 0.29) is 13.0 Å². The lowest BCUT2D eigenvalue weighted by atomic mass is 9.99. The molecule has 206 valence electrons. The summed E-state index contributed by atoms with van der Waals surface area (Å²) >= 11 is 0. The van der Waals surface area contributed by atoms with E-state index in [9.17, 15) is 24.9 Å². The molecule has 0 spiro atoms. The average molecular weight is 503 g/mol. The zero-order chi connectivity index (χ0) is 26.4. The first-order valence-electron chi connectivity index (χ1n) is 13.4. The number of unbranched alkanes of at least 4 members (excludes halogenated alkanes) is 11. The van der Waals surface area contributed by atoms with Gasteiger partial charge in [-0.2, -0.15) is 0 Å². The van der Waals surface area contributed by atoms with Crippen molar-refractivity contribution in [1.82, 2.24) is 0 Å². The molecule has 8 heteroatoms. The molecule has 0 rings (SSSR count). The molecule has 0 bridgehead atoms. The quantitative estimate of drug-likeness (QED) is 0.0937. The first-order valence-corrected chi connectivity index (χ1v) is 13.4. The topological polar surface area (TPSA) is 134 Å². The van der Waals surface area contributed by atoms with Gasteiger partial charge in [0.15, 0.2) is 11.7 Å². The van der Waals surface area contributed by atoms with Crippen LogP contribution in [0.2, 0.25) is 0 Å². The van der Waals surface area contributed by atoms with Crippen LogP contribution in [0.15, 0.2) is 12.2 Å². The summed E-state index contributed by atoms with van der Waals surface area (Å²) in [6.07, 6.45) is 17.3.